The van der Waals surface area contributed by atoms with E-state index in [1.165, 1.54) is 50.6 Å². The van der Waals surface area contributed by atoms with Crippen molar-refractivity contribution in [3.8, 4) is 0 Å². The quantitative estimate of drug-likeness (QED) is 0.730. The first-order valence-electron chi connectivity index (χ1n) is 6.76. The number of unbranched alkanes of at least 4 members (excludes halogenated alkanes) is 2. The van der Waals surface area contributed by atoms with E-state index in [2.05, 4.69) is 30.4 Å². The number of aryl methyl sites for hydroxylation is 1. The molecule has 88 valence electrons. The van der Waals surface area contributed by atoms with E-state index in [0.29, 0.717) is 0 Å². The third-order valence-corrected chi connectivity index (χ3v) is 3.49. The van der Waals surface area contributed by atoms with Crippen molar-refractivity contribution in [2.75, 3.05) is 11.9 Å². The maximum absolute atomic E-state index is 3.61. The van der Waals surface area contributed by atoms with Crippen LogP contribution >= 0.6 is 0 Å². The summed E-state index contributed by atoms with van der Waals surface area (Å²) in [6, 6.07) is 6.74. The second kappa shape index (κ2) is 5.93. The molecule has 2 rings (SSSR count). The smallest absolute Gasteiger partial charge is 0.0375 e. The summed E-state index contributed by atoms with van der Waals surface area (Å²) in [6.45, 7) is 3.38. The Kier molecular flexibility index (Phi) is 4.26. The highest BCUT2D eigenvalue weighted by Crippen LogP contribution is 2.27. The molecule has 0 unspecified atom stereocenters. The van der Waals surface area contributed by atoms with Gasteiger partial charge in [-0.25, -0.2) is 0 Å². The van der Waals surface area contributed by atoms with Gasteiger partial charge < -0.3 is 5.32 Å². The van der Waals surface area contributed by atoms with Crippen molar-refractivity contribution in [2.45, 2.75) is 51.9 Å². The summed E-state index contributed by atoms with van der Waals surface area (Å²) >= 11 is 0. The first kappa shape index (κ1) is 11.5. The Morgan fingerprint density at radius 3 is 2.88 bits per heavy atom. The maximum Gasteiger partial charge on any atom is 0.0375 e. The number of hydrogen-bond donors (Lipinski definition) is 1. The molecular weight excluding hydrogens is 194 g/mol. The highest BCUT2D eigenvalue weighted by Gasteiger charge is 2.11. The zero-order chi connectivity index (χ0) is 11.2. The van der Waals surface area contributed by atoms with Gasteiger partial charge in [-0.3, -0.25) is 0 Å². The lowest BCUT2D eigenvalue weighted by Crippen LogP contribution is -2.09. The number of anilines is 1. The van der Waals surface area contributed by atoms with Gasteiger partial charge in [0.2, 0.25) is 0 Å². The van der Waals surface area contributed by atoms with Crippen LogP contribution in [0.25, 0.3) is 0 Å². The van der Waals surface area contributed by atoms with Crippen molar-refractivity contribution in [1.29, 1.82) is 0 Å². The molecule has 0 aliphatic heterocycles. The highest BCUT2D eigenvalue weighted by molar-refractivity contribution is 5.55. The fourth-order valence-electron chi connectivity index (χ4n) is 2.55. The SMILES string of the molecule is CCCCCNc1cccc2c1CCCC2. The molecule has 1 nitrogen and oxygen atoms in total. The van der Waals surface area contributed by atoms with Crippen LogP contribution in [0.5, 0.6) is 0 Å². The number of fused-ring (bicyclic) bond motifs is 1. The van der Waals surface area contributed by atoms with Gasteiger partial charge in [0.1, 0.15) is 0 Å². The number of benzene rings is 1. The maximum atomic E-state index is 3.61. The summed E-state index contributed by atoms with van der Waals surface area (Å²) in [6.07, 6.45) is 9.20. The van der Waals surface area contributed by atoms with Crippen LogP contribution in [0, 0.1) is 0 Å². The van der Waals surface area contributed by atoms with E-state index in [1.54, 1.807) is 11.1 Å². The summed E-state index contributed by atoms with van der Waals surface area (Å²) in [5.41, 5.74) is 4.56. The third-order valence-electron chi connectivity index (χ3n) is 3.49. The van der Waals surface area contributed by atoms with Gasteiger partial charge in [0, 0.05) is 12.2 Å². The molecule has 0 saturated carbocycles. The largest absolute Gasteiger partial charge is 0.385 e. The number of rotatable bonds is 5. The minimum Gasteiger partial charge on any atom is -0.385 e. The molecule has 1 aliphatic carbocycles. The molecule has 0 bridgehead atoms. The first-order valence-corrected chi connectivity index (χ1v) is 6.76. The fourth-order valence-corrected chi connectivity index (χ4v) is 2.55. The Hall–Kier alpha value is -0.980. The molecule has 0 saturated heterocycles. The zero-order valence-corrected chi connectivity index (χ0v) is 10.4. The molecule has 0 atom stereocenters. The van der Waals surface area contributed by atoms with Crippen LogP contribution in [0.4, 0.5) is 5.69 Å². The summed E-state index contributed by atoms with van der Waals surface area (Å²) in [5.74, 6) is 0. The molecule has 0 heterocycles. The zero-order valence-electron chi connectivity index (χ0n) is 10.4. The molecule has 0 amide bonds. The normalized spacial score (nSPS) is 14.6. The molecule has 0 spiro atoms. The van der Waals surface area contributed by atoms with Gasteiger partial charge in [0.25, 0.3) is 0 Å². The molecule has 1 aliphatic rings. The molecule has 1 N–H and O–H groups in total. The van der Waals surface area contributed by atoms with Gasteiger partial charge in [-0.1, -0.05) is 31.9 Å². The van der Waals surface area contributed by atoms with Gasteiger partial charge in [-0.15, -0.1) is 0 Å². The molecular formula is C15H23N. The minimum atomic E-state index is 1.13. The van der Waals surface area contributed by atoms with Gasteiger partial charge in [-0.2, -0.15) is 0 Å². The standard InChI is InChI=1S/C15H23N/c1-2-3-6-12-16-15-11-7-9-13-8-4-5-10-14(13)15/h7,9,11,16H,2-6,8,10,12H2,1H3. The van der Waals surface area contributed by atoms with E-state index < -0.39 is 0 Å². The van der Waals surface area contributed by atoms with Gasteiger partial charge >= 0.3 is 0 Å². The topological polar surface area (TPSA) is 12.0 Å². The summed E-state index contributed by atoms with van der Waals surface area (Å²) in [4.78, 5) is 0. The van der Waals surface area contributed by atoms with Crippen molar-refractivity contribution in [3.05, 3.63) is 29.3 Å². The lowest BCUT2D eigenvalue weighted by atomic mass is 9.90. The van der Waals surface area contributed by atoms with E-state index in [1.807, 2.05) is 0 Å². The predicted octanol–water partition coefficient (Wildman–Crippen LogP) is 4.17. The van der Waals surface area contributed by atoms with Crippen molar-refractivity contribution in [2.24, 2.45) is 0 Å². The van der Waals surface area contributed by atoms with Crippen molar-refractivity contribution in [3.63, 3.8) is 0 Å². The van der Waals surface area contributed by atoms with E-state index in [0.717, 1.165) is 6.54 Å². The Labute approximate surface area is 99.3 Å². The molecule has 0 aromatic heterocycles. The predicted molar refractivity (Wildman–Crippen MR) is 71.1 cm³/mol. The fraction of sp³-hybridized carbons (Fsp3) is 0.600. The Morgan fingerprint density at radius 2 is 2.00 bits per heavy atom. The van der Waals surface area contributed by atoms with Crippen LogP contribution < -0.4 is 5.32 Å². The summed E-state index contributed by atoms with van der Waals surface area (Å²) in [7, 11) is 0. The van der Waals surface area contributed by atoms with E-state index in [-0.39, 0.29) is 0 Å². The molecule has 0 fully saturated rings. The average molecular weight is 217 g/mol. The van der Waals surface area contributed by atoms with Crippen molar-refractivity contribution in [1.82, 2.24) is 0 Å². The van der Waals surface area contributed by atoms with Crippen LogP contribution in [0.1, 0.15) is 50.2 Å². The number of nitrogens with one attached hydrogen (secondary N) is 1. The molecule has 1 aromatic carbocycles. The van der Waals surface area contributed by atoms with Crippen LogP contribution in [-0.4, -0.2) is 6.54 Å². The van der Waals surface area contributed by atoms with Gasteiger partial charge in [-0.05, 0) is 49.3 Å². The van der Waals surface area contributed by atoms with E-state index in [9.17, 15) is 0 Å². The number of hydrogen-bond acceptors (Lipinski definition) is 1. The highest BCUT2D eigenvalue weighted by atomic mass is 14.9. The van der Waals surface area contributed by atoms with Crippen LogP contribution in [0.2, 0.25) is 0 Å². The second-order valence-electron chi connectivity index (χ2n) is 4.78. The van der Waals surface area contributed by atoms with Gasteiger partial charge in [0.05, 0.1) is 0 Å². The Bertz CT molecular complexity index is 330. The summed E-state index contributed by atoms with van der Waals surface area (Å²) < 4.78 is 0. The van der Waals surface area contributed by atoms with Crippen molar-refractivity contribution < 1.29 is 0 Å². The van der Waals surface area contributed by atoms with E-state index >= 15 is 0 Å². The van der Waals surface area contributed by atoms with Crippen LogP contribution in [0.15, 0.2) is 18.2 Å². The van der Waals surface area contributed by atoms with Crippen LogP contribution in [0.3, 0.4) is 0 Å². The lowest BCUT2D eigenvalue weighted by molar-refractivity contribution is 0.685. The monoisotopic (exact) mass is 217 g/mol. The molecule has 1 heteroatoms. The Morgan fingerprint density at radius 1 is 1.12 bits per heavy atom. The van der Waals surface area contributed by atoms with Gasteiger partial charge in [0.15, 0.2) is 0 Å². The minimum absolute atomic E-state index is 1.13. The molecule has 0 radical (unpaired) electrons. The first-order chi connectivity index (χ1) is 7.92. The molecule has 1 aromatic rings. The average Bonchev–Trinajstić information content (AvgIpc) is 2.35. The lowest BCUT2D eigenvalue weighted by Gasteiger charge is -2.20. The van der Waals surface area contributed by atoms with E-state index in [4.69, 9.17) is 0 Å². The second-order valence-corrected chi connectivity index (χ2v) is 4.78. The molecule has 16 heavy (non-hydrogen) atoms. The Balaban J connectivity index is 1.97. The van der Waals surface area contributed by atoms with Crippen molar-refractivity contribution >= 4 is 5.69 Å². The summed E-state index contributed by atoms with van der Waals surface area (Å²) in [5, 5.41) is 3.61. The third kappa shape index (κ3) is 2.78. The van der Waals surface area contributed by atoms with Crippen LogP contribution in [-0.2, 0) is 12.8 Å².